The van der Waals surface area contributed by atoms with Gasteiger partial charge in [-0.05, 0) is 48.0 Å². The van der Waals surface area contributed by atoms with Crippen LogP contribution in [0.3, 0.4) is 0 Å². The van der Waals surface area contributed by atoms with Gasteiger partial charge >= 0.3 is 0 Å². The first-order valence-electron chi connectivity index (χ1n) is 6.91. The summed E-state index contributed by atoms with van der Waals surface area (Å²) in [7, 11) is -1.48. The first kappa shape index (κ1) is 18.3. The molecular formula is C17H14FNO5S. The van der Waals surface area contributed by atoms with Gasteiger partial charge in [-0.2, -0.15) is 5.26 Å². The number of rotatable bonds is 5. The Bertz CT molecular complexity index is 935. The molecule has 0 heterocycles. The number of aromatic hydroxyl groups is 1. The second-order valence-electron chi connectivity index (χ2n) is 4.85. The van der Waals surface area contributed by atoms with Crippen LogP contribution in [0.5, 0.6) is 17.2 Å². The van der Waals surface area contributed by atoms with E-state index in [1.807, 2.05) is 0 Å². The molecule has 25 heavy (non-hydrogen) atoms. The van der Waals surface area contributed by atoms with Gasteiger partial charge in [0.1, 0.15) is 16.8 Å². The number of allylic oxidation sites excluding steroid dienone is 1. The summed E-state index contributed by atoms with van der Waals surface area (Å²) in [6, 6.07) is 8.49. The van der Waals surface area contributed by atoms with Gasteiger partial charge in [0, 0.05) is 0 Å². The van der Waals surface area contributed by atoms with E-state index in [0.717, 1.165) is 30.3 Å². The van der Waals surface area contributed by atoms with Crippen molar-refractivity contribution in [3.8, 4) is 23.3 Å². The molecule has 0 spiro atoms. The fraction of sp³-hybridized carbons (Fsp3) is 0.118. The van der Waals surface area contributed by atoms with E-state index < -0.39 is 20.6 Å². The maximum atomic E-state index is 13.0. The Balaban J connectivity index is 2.58. The molecule has 0 unspecified atom stereocenters. The van der Waals surface area contributed by atoms with Gasteiger partial charge in [-0.25, -0.2) is 12.8 Å². The molecule has 0 aliphatic rings. The van der Waals surface area contributed by atoms with Crippen molar-refractivity contribution in [2.45, 2.75) is 4.90 Å². The zero-order valence-corrected chi connectivity index (χ0v) is 14.2. The highest BCUT2D eigenvalue weighted by atomic mass is 32.2. The normalized spacial score (nSPS) is 11.7. The summed E-state index contributed by atoms with van der Waals surface area (Å²) in [5.74, 6) is -0.722. The molecular weight excluding hydrogens is 349 g/mol. The topological polar surface area (TPSA) is 96.6 Å². The number of sulfone groups is 1. The molecule has 6 nitrogen and oxygen atoms in total. The molecule has 0 saturated carbocycles. The van der Waals surface area contributed by atoms with Crippen LogP contribution < -0.4 is 9.47 Å². The van der Waals surface area contributed by atoms with E-state index in [9.17, 15) is 23.2 Å². The summed E-state index contributed by atoms with van der Waals surface area (Å²) >= 11 is 0. The van der Waals surface area contributed by atoms with E-state index >= 15 is 0 Å². The highest BCUT2D eigenvalue weighted by Gasteiger charge is 2.21. The molecule has 2 aromatic rings. The number of hydrogen-bond acceptors (Lipinski definition) is 6. The van der Waals surface area contributed by atoms with Crippen LogP contribution in [-0.2, 0) is 9.84 Å². The molecule has 0 amide bonds. The van der Waals surface area contributed by atoms with Gasteiger partial charge in [0.2, 0.25) is 15.6 Å². The minimum Gasteiger partial charge on any atom is -0.502 e. The lowest BCUT2D eigenvalue weighted by atomic mass is 10.1. The SMILES string of the molecule is COc1cc(C=C(C#N)S(=O)(=O)c2ccc(F)cc2)cc(OC)c1O. The van der Waals surface area contributed by atoms with Crippen molar-refractivity contribution in [1.29, 1.82) is 5.26 Å². The Kier molecular flexibility index (Phi) is 5.29. The lowest BCUT2D eigenvalue weighted by Crippen LogP contribution is -2.03. The molecule has 0 atom stereocenters. The summed E-state index contributed by atoms with van der Waals surface area (Å²) in [5.41, 5.74) is 0.272. The summed E-state index contributed by atoms with van der Waals surface area (Å²) < 4.78 is 48.0. The zero-order valence-electron chi connectivity index (χ0n) is 13.4. The standard InChI is InChI=1S/C17H14FNO5S/c1-23-15-8-11(9-16(24-2)17(15)20)7-14(10-19)25(21,22)13-5-3-12(18)4-6-13/h3-9,20H,1-2H3. The van der Waals surface area contributed by atoms with Crippen molar-refractivity contribution < 1.29 is 27.4 Å². The van der Waals surface area contributed by atoms with Gasteiger partial charge in [0.25, 0.3) is 0 Å². The highest BCUT2D eigenvalue weighted by molar-refractivity contribution is 7.95. The van der Waals surface area contributed by atoms with Gasteiger partial charge in [0.05, 0.1) is 19.1 Å². The third kappa shape index (κ3) is 3.72. The van der Waals surface area contributed by atoms with E-state index in [2.05, 4.69) is 0 Å². The third-order valence-electron chi connectivity index (χ3n) is 3.32. The van der Waals surface area contributed by atoms with E-state index in [-0.39, 0.29) is 27.7 Å². The van der Waals surface area contributed by atoms with E-state index in [1.165, 1.54) is 26.4 Å². The van der Waals surface area contributed by atoms with E-state index in [4.69, 9.17) is 9.47 Å². The molecule has 8 heteroatoms. The van der Waals surface area contributed by atoms with E-state index in [0.29, 0.717) is 0 Å². The smallest absolute Gasteiger partial charge is 0.216 e. The van der Waals surface area contributed by atoms with Gasteiger partial charge in [-0.3, -0.25) is 0 Å². The third-order valence-corrected chi connectivity index (χ3v) is 5.00. The maximum absolute atomic E-state index is 13.0. The number of nitriles is 1. The van der Waals surface area contributed by atoms with Gasteiger partial charge in [-0.1, -0.05) is 0 Å². The molecule has 0 aliphatic heterocycles. The first-order valence-corrected chi connectivity index (χ1v) is 8.39. The van der Waals surface area contributed by atoms with Crippen molar-refractivity contribution in [1.82, 2.24) is 0 Å². The van der Waals surface area contributed by atoms with Crippen LogP contribution in [0.4, 0.5) is 4.39 Å². The molecule has 0 fully saturated rings. The number of benzene rings is 2. The molecule has 0 aromatic heterocycles. The fourth-order valence-electron chi connectivity index (χ4n) is 2.06. The highest BCUT2D eigenvalue weighted by Crippen LogP contribution is 2.38. The van der Waals surface area contributed by atoms with Crippen LogP contribution in [0, 0.1) is 17.1 Å². The predicted octanol–water partition coefficient (Wildman–Crippen LogP) is 2.89. The molecule has 0 bridgehead atoms. The average molecular weight is 363 g/mol. The Labute approximate surface area is 144 Å². The molecule has 2 rings (SSSR count). The molecule has 0 saturated heterocycles. The fourth-order valence-corrected chi connectivity index (χ4v) is 3.22. The van der Waals surface area contributed by atoms with Crippen molar-refractivity contribution in [2.24, 2.45) is 0 Å². The molecule has 2 aromatic carbocycles. The van der Waals surface area contributed by atoms with Gasteiger partial charge in [-0.15, -0.1) is 0 Å². The minimum atomic E-state index is -4.13. The number of phenols is 1. The molecule has 0 radical (unpaired) electrons. The number of methoxy groups -OCH3 is 2. The first-order chi connectivity index (χ1) is 11.8. The van der Waals surface area contributed by atoms with Gasteiger partial charge < -0.3 is 14.6 Å². The van der Waals surface area contributed by atoms with Crippen LogP contribution in [0.15, 0.2) is 46.2 Å². The quantitative estimate of drug-likeness (QED) is 0.648. The van der Waals surface area contributed by atoms with Crippen LogP contribution in [0.25, 0.3) is 6.08 Å². The Morgan fingerprint density at radius 3 is 2.12 bits per heavy atom. The van der Waals surface area contributed by atoms with Crippen molar-refractivity contribution in [3.05, 3.63) is 52.7 Å². The lowest BCUT2D eigenvalue weighted by molar-refractivity contribution is 0.340. The van der Waals surface area contributed by atoms with E-state index in [1.54, 1.807) is 6.07 Å². The summed E-state index contributed by atoms with van der Waals surface area (Å²) in [6.07, 6.45) is 1.11. The van der Waals surface area contributed by atoms with Gasteiger partial charge in [0.15, 0.2) is 11.5 Å². The summed E-state index contributed by atoms with van der Waals surface area (Å²) in [6.45, 7) is 0. The second kappa shape index (κ2) is 7.23. The molecule has 1 N–H and O–H groups in total. The maximum Gasteiger partial charge on any atom is 0.216 e. The summed E-state index contributed by atoms with van der Waals surface area (Å²) in [4.78, 5) is -0.756. The second-order valence-corrected chi connectivity index (χ2v) is 6.77. The van der Waals surface area contributed by atoms with Crippen molar-refractivity contribution >= 4 is 15.9 Å². The molecule has 0 aliphatic carbocycles. The summed E-state index contributed by atoms with van der Waals surface area (Å²) in [5, 5.41) is 19.1. The lowest BCUT2D eigenvalue weighted by Gasteiger charge is -2.10. The average Bonchev–Trinajstić information content (AvgIpc) is 2.60. The predicted molar refractivity (Wildman–Crippen MR) is 88.4 cm³/mol. The minimum absolute atomic E-state index is 0.0575. The zero-order chi connectivity index (χ0) is 18.6. The number of hydrogen-bond donors (Lipinski definition) is 1. The Morgan fingerprint density at radius 2 is 1.68 bits per heavy atom. The van der Waals surface area contributed by atoms with Crippen LogP contribution >= 0.6 is 0 Å². The largest absolute Gasteiger partial charge is 0.502 e. The molecule has 130 valence electrons. The van der Waals surface area contributed by atoms with Crippen LogP contribution in [0.2, 0.25) is 0 Å². The van der Waals surface area contributed by atoms with Crippen molar-refractivity contribution in [3.63, 3.8) is 0 Å². The number of ether oxygens (including phenoxy) is 2. The number of nitrogens with zero attached hydrogens (tertiary/aromatic N) is 1. The van der Waals surface area contributed by atoms with Crippen LogP contribution in [0.1, 0.15) is 5.56 Å². The van der Waals surface area contributed by atoms with Crippen LogP contribution in [-0.4, -0.2) is 27.7 Å². The number of phenolic OH excluding ortho intramolecular Hbond substituents is 1. The van der Waals surface area contributed by atoms with Crippen molar-refractivity contribution in [2.75, 3.05) is 14.2 Å². The Morgan fingerprint density at radius 1 is 1.16 bits per heavy atom. The Hall–Kier alpha value is -3.05. The number of halogens is 1. The monoisotopic (exact) mass is 363 g/mol.